The van der Waals surface area contributed by atoms with Crippen LogP contribution in [0.5, 0.6) is 0 Å². The molecule has 0 spiro atoms. The van der Waals surface area contributed by atoms with Crippen LogP contribution in [0.1, 0.15) is 36.7 Å². The fourth-order valence-electron chi connectivity index (χ4n) is 3.12. The minimum absolute atomic E-state index is 0.0422. The summed E-state index contributed by atoms with van der Waals surface area (Å²) in [6.45, 7) is 0.469. The van der Waals surface area contributed by atoms with E-state index in [4.69, 9.17) is 21.1 Å². The predicted molar refractivity (Wildman–Crippen MR) is 88.1 cm³/mol. The Balaban J connectivity index is 2.16. The van der Waals surface area contributed by atoms with Gasteiger partial charge in [-0.05, 0) is 30.9 Å². The van der Waals surface area contributed by atoms with Crippen molar-refractivity contribution in [1.82, 2.24) is 4.90 Å². The second-order valence-electron chi connectivity index (χ2n) is 5.82. The molecule has 128 valence electrons. The van der Waals surface area contributed by atoms with Gasteiger partial charge < -0.3 is 19.5 Å². The number of carbonyl (C=O) groups is 1. The molecule has 2 rings (SSSR count). The number of amides is 1. The number of nitrogens with zero attached hydrogens (tertiary/aromatic N) is 1. The molecule has 1 aromatic rings. The zero-order valence-electron chi connectivity index (χ0n) is 13.6. The lowest BCUT2D eigenvalue weighted by Crippen LogP contribution is -2.39. The smallest absolute Gasteiger partial charge is 0.238 e. The fraction of sp³-hybridized carbons (Fsp3) is 0.588. The van der Waals surface area contributed by atoms with Crippen LogP contribution in [0.4, 0.5) is 0 Å². The average molecular weight is 342 g/mol. The lowest BCUT2D eigenvalue weighted by atomic mass is 10.1. The van der Waals surface area contributed by atoms with E-state index in [9.17, 15) is 9.90 Å². The van der Waals surface area contributed by atoms with E-state index in [-0.39, 0.29) is 23.9 Å². The van der Waals surface area contributed by atoms with Crippen molar-refractivity contribution in [2.24, 2.45) is 0 Å². The summed E-state index contributed by atoms with van der Waals surface area (Å²) in [5.74, 6) is -0.156. The number of carbonyl (C=O) groups excluding carboxylic acids is 1. The van der Waals surface area contributed by atoms with Gasteiger partial charge in [0.1, 0.15) is 5.88 Å². The minimum atomic E-state index is -0.430. The van der Waals surface area contributed by atoms with Gasteiger partial charge in [-0.25, -0.2) is 0 Å². The van der Waals surface area contributed by atoms with E-state index in [1.165, 1.54) is 0 Å². The number of methoxy groups -OCH3 is 2. The number of alkyl halides is 1. The molecule has 0 heterocycles. The number of hydrogen-bond acceptors (Lipinski definition) is 4. The van der Waals surface area contributed by atoms with E-state index >= 15 is 0 Å². The van der Waals surface area contributed by atoms with E-state index in [1.807, 2.05) is 24.3 Å². The first-order chi connectivity index (χ1) is 11.1. The summed E-state index contributed by atoms with van der Waals surface area (Å²) in [7, 11) is 3.17. The first kappa shape index (κ1) is 18.2. The molecule has 1 N–H and O–H groups in total. The highest BCUT2D eigenvalue weighted by Crippen LogP contribution is 2.27. The Kier molecular flexibility index (Phi) is 6.84. The highest BCUT2D eigenvalue weighted by atomic mass is 35.5. The zero-order chi connectivity index (χ0) is 16.8. The van der Waals surface area contributed by atoms with Crippen molar-refractivity contribution < 1.29 is 19.4 Å². The molecule has 23 heavy (non-hydrogen) atoms. The molecule has 0 unspecified atom stereocenters. The van der Waals surface area contributed by atoms with Gasteiger partial charge in [0.05, 0.1) is 6.10 Å². The standard InChI is InChI=1S/C17H24ClNO4/c1-22-17(23-2)13-5-3-4-12(8-13)11-19(16(21)10-18)14-6-7-15(20)9-14/h3-5,8,14-15,17,20H,6-7,9-11H2,1-2H3/t14-,15+/m0/s1. The van der Waals surface area contributed by atoms with E-state index in [2.05, 4.69) is 0 Å². The molecule has 1 fully saturated rings. The minimum Gasteiger partial charge on any atom is -0.393 e. The number of aliphatic hydroxyl groups excluding tert-OH is 1. The summed E-state index contributed by atoms with van der Waals surface area (Å²) < 4.78 is 10.5. The molecule has 1 amide bonds. The Morgan fingerprint density at radius 1 is 1.39 bits per heavy atom. The maximum absolute atomic E-state index is 12.2. The van der Waals surface area contributed by atoms with Crippen LogP contribution in [0.15, 0.2) is 24.3 Å². The van der Waals surface area contributed by atoms with Gasteiger partial charge in [0.2, 0.25) is 5.91 Å². The van der Waals surface area contributed by atoms with Crippen LogP contribution in [-0.4, -0.2) is 48.2 Å². The van der Waals surface area contributed by atoms with Crippen molar-refractivity contribution in [3.8, 4) is 0 Å². The highest BCUT2D eigenvalue weighted by molar-refractivity contribution is 6.27. The quantitative estimate of drug-likeness (QED) is 0.611. The van der Waals surface area contributed by atoms with Crippen LogP contribution in [-0.2, 0) is 20.8 Å². The maximum atomic E-state index is 12.2. The van der Waals surface area contributed by atoms with Crippen molar-refractivity contribution >= 4 is 17.5 Å². The fourth-order valence-corrected chi connectivity index (χ4v) is 3.27. The summed E-state index contributed by atoms with van der Waals surface area (Å²) in [6, 6.07) is 7.82. The van der Waals surface area contributed by atoms with Crippen LogP contribution >= 0.6 is 11.6 Å². The lowest BCUT2D eigenvalue weighted by Gasteiger charge is -2.29. The normalized spacial score (nSPS) is 20.9. The molecule has 5 nitrogen and oxygen atoms in total. The molecule has 1 aliphatic carbocycles. The van der Waals surface area contributed by atoms with Crippen molar-refractivity contribution in [2.45, 2.75) is 44.2 Å². The Morgan fingerprint density at radius 3 is 2.70 bits per heavy atom. The SMILES string of the molecule is COC(OC)c1cccc(CN(C(=O)CCl)[C@H]2CC[C@@H](O)C2)c1. The number of ether oxygens (including phenoxy) is 2. The summed E-state index contributed by atoms with van der Waals surface area (Å²) >= 11 is 5.76. The highest BCUT2D eigenvalue weighted by Gasteiger charge is 2.30. The first-order valence-electron chi connectivity index (χ1n) is 7.77. The van der Waals surface area contributed by atoms with E-state index in [0.717, 1.165) is 24.0 Å². The third-order valence-electron chi connectivity index (χ3n) is 4.26. The number of hydrogen-bond donors (Lipinski definition) is 1. The molecule has 0 aliphatic heterocycles. The molecule has 0 bridgehead atoms. The molecule has 1 aliphatic rings. The molecule has 0 saturated heterocycles. The maximum Gasteiger partial charge on any atom is 0.238 e. The molecular formula is C17H24ClNO4. The molecule has 0 aromatic heterocycles. The van der Waals surface area contributed by atoms with Crippen molar-refractivity contribution in [2.75, 3.05) is 20.1 Å². The largest absolute Gasteiger partial charge is 0.393 e. The molecule has 2 atom stereocenters. The van der Waals surface area contributed by atoms with Crippen molar-refractivity contribution in [3.63, 3.8) is 0 Å². The summed E-state index contributed by atoms with van der Waals surface area (Å²) in [4.78, 5) is 14.0. The summed E-state index contributed by atoms with van der Waals surface area (Å²) in [5.41, 5.74) is 1.89. The number of halogens is 1. The topological polar surface area (TPSA) is 59.0 Å². The van der Waals surface area contributed by atoms with Crippen LogP contribution < -0.4 is 0 Å². The summed E-state index contributed by atoms with van der Waals surface area (Å²) in [6.07, 6.45) is 1.39. The van der Waals surface area contributed by atoms with Gasteiger partial charge in [0, 0.05) is 32.4 Å². The Labute approximate surface area is 142 Å². The van der Waals surface area contributed by atoms with Crippen LogP contribution in [0.3, 0.4) is 0 Å². The average Bonchev–Trinajstić information content (AvgIpc) is 2.99. The third-order valence-corrected chi connectivity index (χ3v) is 4.49. The monoisotopic (exact) mass is 341 g/mol. The van der Waals surface area contributed by atoms with Crippen LogP contribution in [0.2, 0.25) is 0 Å². The number of rotatable bonds is 7. The van der Waals surface area contributed by atoms with Gasteiger partial charge in [0.15, 0.2) is 6.29 Å². The van der Waals surface area contributed by atoms with E-state index < -0.39 is 6.29 Å². The predicted octanol–water partition coefficient (Wildman–Crippen LogP) is 2.46. The van der Waals surface area contributed by atoms with Gasteiger partial charge in [0.25, 0.3) is 0 Å². The zero-order valence-corrected chi connectivity index (χ0v) is 14.3. The first-order valence-corrected chi connectivity index (χ1v) is 8.30. The van der Waals surface area contributed by atoms with Gasteiger partial charge >= 0.3 is 0 Å². The Hall–Kier alpha value is -1.14. The van der Waals surface area contributed by atoms with Gasteiger partial charge in [-0.3, -0.25) is 4.79 Å². The number of benzene rings is 1. The summed E-state index contributed by atoms with van der Waals surface area (Å²) in [5, 5.41) is 9.75. The Bertz CT molecular complexity index is 521. The van der Waals surface area contributed by atoms with Crippen LogP contribution in [0.25, 0.3) is 0 Å². The van der Waals surface area contributed by atoms with E-state index in [0.29, 0.717) is 13.0 Å². The molecule has 6 heteroatoms. The Morgan fingerprint density at radius 2 is 2.13 bits per heavy atom. The number of aliphatic hydroxyl groups is 1. The van der Waals surface area contributed by atoms with Gasteiger partial charge in [-0.1, -0.05) is 18.2 Å². The second-order valence-corrected chi connectivity index (χ2v) is 6.09. The molecule has 1 aromatic carbocycles. The molecule has 1 saturated carbocycles. The van der Waals surface area contributed by atoms with E-state index in [1.54, 1.807) is 19.1 Å². The van der Waals surface area contributed by atoms with Crippen molar-refractivity contribution in [3.05, 3.63) is 35.4 Å². The van der Waals surface area contributed by atoms with Gasteiger partial charge in [-0.2, -0.15) is 0 Å². The van der Waals surface area contributed by atoms with Crippen molar-refractivity contribution in [1.29, 1.82) is 0 Å². The second kappa shape index (κ2) is 8.64. The lowest BCUT2D eigenvalue weighted by molar-refractivity contribution is -0.131. The molecule has 0 radical (unpaired) electrons. The van der Waals surface area contributed by atoms with Crippen LogP contribution in [0, 0.1) is 0 Å². The third kappa shape index (κ3) is 4.67. The van der Waals surface area contributed by atoms with Gasteiger partial charge in [-0.15, -0.1) is 11.6 Å². The molecular weight excluding hydrogens is 318 g/mol.